The topological polar surface area (TPSA) is 105 Å². The Labute approximate surface area is 312 Å². The summed E-state index contributed by atoms with van der Waals surface area (Å²) in [4.78, 5) is 22.8. The van der Waals surface area contributed by atoms with E-state index in [1.807, 2.05) is 21.1 Å². The average molecular weight is 734 g/mol. The zero-order valence-electron chi connectivity index (χ0n) is 32.8. The third-order valence-corrected chi connectivity index (χ3v) is 8.89. The van der Waals surface area contributed by atoms with Crippen LogP contribution in [0.5, 0.6) is 0 Å². The summed E-state index contributed by atoms with van der Waals surface area (Å²) in [5.74, 6) is -0.192. The number of phosphoric acid groups is 1. The highest BCUT2D eigenvalue weighted by atomic mass is 31.2. The number of carbonyl (C=O) groups is 1. The molecule has 0 bridgehead atoms. The molecular weight excluding hydrogens is 659 g/mol. The number of amides is 1. The number of phosphoric ester groups is 1. The van der Waals surface area contributed by atoms with Gasteiger partial charge in [-0.05, 0) is 70.6 Å². The predicted octanol–water partition coefficient (Wildman–Crippen LogP) is 10.2. The first kappa shape index (κ1) is 48.7. The van der Waals surface area contributed by atoms with E-state index in [1.165, 1.54) is 0 Å². The van der Waals surface area contributed by atoms with E-state index in [1.54, 1.807) is 0 Å². The van der Waals surface area contributed by atoms with Crippen molar-refractivity contribution < 1.29 is 32.9 Å². The third-order valence-electron chi connectivity index (χ3n) is 7.91. The first-order valence-electron chi connectivity index (χ1n) is 19.5. The number of likely N-dealkylation sites (N-methyl/N-ethyl adjacent to an activating group) is 1. The molecule has 8 nitrogen and oxygen atoms in total. The summed E-state index contributed by atoms with van der Waals surface area (Å²) in [7, 11) is 1.56. The Hall–Kier alpha value is -2.32. The molecule has 0 aromatic carbocycles. The number of nitrogens with zero attached hydrogens (tertiary/aromatic N) is 1. The minimum Gasteiger partial charge on any atom is -0.391 e. The molecule has 0 heterocycles. The zero-order valence-corrected chi connectivity index (χ0v) is 33.7. The van der Waals surface area contributed by atoms with Gasteiger partial charge < -0.3 is 19.8 Å². The number of hydrogen-bond acceptors (Lipinski definition) is 5. The molecule has 0 fully saturated rings. The van der Waals surface area contributed by atoms with Gasteiger partial charge in [0.15, 0.2) is 0 Å². The third kappa shape index (κ3) is 35.9. The largest absolute Gasteiger partial charge is 0.472 e. The van der Waals surface area contributed by atoms with Crippen LogP contribution >= 0.6 is 7.82 Å². The van der Waals surface area contributed by atoms with Crippen LogP contribution in [0, 0.1) is 0 Å². The maximum Gasteiger partial charge on any atom is 0.472 e. The monoisotopic (exact) mass is 734 g/mol. The molecule has 292 valence electrons. The van der Waals surface area contributed by atoms with Crippen molar-refractivity contribution in [3.05, 3.63) is 85.1 Å². The van der Waals surface area contributed by atoms with E-state index in [0.717, 1.165) is 96.3 Å². The van der Waals surface area contributed by atoms with E-state index in [-0.39, 0.29) is 19.1 Å². The molecule has 0 aliphatic heterocycles. The molecule has 0 radical (unpaired) electrons. The Morgan fingerprint density at radius 1 is 0.686 bits per heavy atom. The van der Waals surface area contributed by atoms with E-state index in [0.29, 0.717) is 23.9 Å². The van der Waals surface area contributed by atoms with Gasteiger partial charge in [0.25, 0.3) is 0 Å². The molecule has 3 atom stereocenters. The SMILES string of the molecule is CC/C=C\C/C=C\C/C=C\C/C=C\C/C=C\C/C=C\C/C=C\CCCCCC(=O)NC(COP(=O)(O)OCC[N+](C)(C)C)C(O)CCCCCC. The summed E-state index contributed by atoms with van der Waals surface area (Å²) in [5.41, 5.74) is 0. The lowest BCUT2D eigenvalue weighted by atomic mass is 10.0. The van der Waals surface area contributed by atoms with Crippen molar-refractivity contribution in [3.8, 4) is 0 Å². The molecule has 3 N–H and O–H groups in total. The smallest absolute Gasteiger partial charge is 0.391 e. The van der Waals surface area contributed by atoms with Gasteiger partial charge in [-0.1, -0.05) is 131 Å². The molecule has 0 aliphatic rings. The Morgan fingerprint density at radius 2 is 1.18 bits per heavy atom. The van der Waals surface area contributed by atoms with Crippen LogP contribution in [0.25, 0.3) is 0 Å². The van der Waals surface area contributed by atoms with Crippen LogP contribution in [0.15, 0.2) is 85.1 Å². The second kappa shape index (κ2) is 33.5. The Balaban J connectivity index is 4.22. The maximum absolute atomic E-state index is 12.7. The Kier molecular flexibility index (Phi) is 32.0. The van der Waals surface area contributed by atoms with Crippen molar-refractivity contribution in [1.29, 1.82) is 0 Å². The lowest BCUT2D eigenvalue weighted by Crippen LogP contribution is -2.46. The number of aliphatic hydroxyl groups is 1. The van der Waals surface area contributed by atoms with Gasteiger partial charge in [0, 0.05) is 6.42 Å². The van der Waals surface area contributed by atoms with E-state index in [4.69, 9.17) is 9.05 Å². The molecule has 3 unspecified atom stereocenters. The summed E-state index contributed by atoms with van der Waals surface area (Å²) in [6, 6.07) is -0.779. The van der Waals surface area contributed by atoms with Crippen LogP contribution in [0.1, 0.15) is 123 Å². The van der Waals surface area contributed by atoms with E-state index in [9.17, 15) is 19.4 Å². The van der Waals surface area contributed by atoms with Crippen molar-refractivity contribution in [3.63, 3.8) is 0 Å². The first-order chi connectivity index (χ1) is 24.5. The minimum absolute atomic E-state index is 0.0611. The van der Waals surface area contributed by atoms with Crippen molar-refractivity contribution in [1.82, 2.24) is 5.32 Å². The number of quaternary nitrogens is 1. The predicted molar refractivity (Wildman–Crippen MR) is 216 cm³/mol. The van der Waals surface area contributed by atoms with Crippen molar-refractivity contribution >= 4 is 13.7 Å². The summed E-state index contributed by atoms with van der Waals surface area (Å²) < 4.78 is 23.3. The van der Waals surface area contributed by atoms with E-state index < -0.39 is 20.0 Å². The fourth-order valence-corrected chi connectivity index (χ4v) is 5.52. The first-order valence-corrected chi connectivity index (χ1v) is 20.9. The van der Waals surface area contributed by atoms with Crippen LogP contribution in [0.3, 0.4) is 0 Å². The quantitative estimate of drug-likeness (QED) is 0.0268. The molecule has 51 heavy (non-hydrogen) atoms. The highest BCUT2D eigenvalue weighted by Crippen LogP contribution is 2.43. The van der Waals surface area contributed by atoms with Gasteiger partial charge in [-0.25, -0.2) is 4.57 Å². The highest BCUT2D eigenvalue weighted by Gasteiger charge is 2.28. The standard InChI is InChI=1S/C42H73N2O6P/c1-6-8-10-12-13-14-15-16-17-18-19-20-21-22-23-24-25-26-27-28-29-30-31-32-34-36-42(46)43-40(41(45)35-33-11-9-7-2)39-50-51(47,48)49-38-37-44(3,4)5/h8,10,13-14,16-17,19-20,22-23,25-26,28-29,40-41,45H,6-7,9,11-12,15,18,21,24,27,30-39H2,1-5H3,(H-,43,46,47,48)/p+1/b10-8-,14-13-,17-16-,20-19-,23-22-,26-25-,29-28-. The normalized spacial score (nSPS) is 15.5. The molecule has 0 rings (SSSR count). The van der Waals surface area contributed by atoms with Gasteiger partial charge in [-0.3, -0.25) is 13.8 Å². The number of allylic oxidation sites excluding steroid dienone is 14. The van der Waals surface area contributed by atoms with Crippen molar-refractivity contribution in [2.45, 2.75) is 135 Å². The summed E-state index contributed by atoms with van der Waals surface area (Å²) in [5, 5.41) is 13.6. The molecule has 9 heteroatoms. The minimum atomic E-state index is -4.31. The molecule has 0 aromatic rings. The van der Waals surface area contributed by atoms with Crippen LogP contribution in [0.4, 0.5) is 0 Å². The second-order valence-electron chi connectivity index (χ2n) is 13.9. The number of aliphatic hydroxyl groups excluding tert-OH is 1. The number of rotatable bonds is 33. The lowest BCUT2D eigenvalue weighted by molar-refractivity contribution is -0.870. The molecule has 0 aliphatic carbocycles. The molecule has 0 saturated carbocycles. The highest BCUT2D eigenvalue weighted by molar-refractivity contribution is 7.47. The summed E-state index contributed by atoms with van der Waals surface area (Å²) >= 11 is 0. The van der Waals surface area contributed by atoms with Crippen LogP contribution < -0.4 is 5.32 Å². The summed E-state index contributed by atoms with van der Waals surface area (Å²) in [6.45, 7) is 4.58. The Morgan fingerprint density at radius 3 is 1.67 bits per heavy atom. The van der Waals surface area contributed by atoms with Crippen molar-refractivity contribution in [2.24, 2.45) is 0 Å². The number of nitrogens with one attached hydrogen (secondary N) is 1. The molecule has 0 saturated heterocycles. The zero-order chi connectivity index (χ0) is 37.9. The van der Waals surface area contributed by atoms with Gasteiger partial charge >= 0.3 is 7.82 Å². The molecule has 1 amide bonds. The number of hydrogen-bond donors (Lipinski definition) is 3. The van der Waals surface area contributed by atoms with E-state index >= 15 is 0 Å². The van der Waals surface area contributed by atoms with E-state index in [2.05, 4.69) is 104 Å². The Bertz CT molecular complexity index is 1100. The lowest BCUT2D eigenvalue weighted by Gasteiger charge is -2.26. The molecule has 0 spiro atoms. The van der Waals surface area contributed by atoms with Gasteiger partial charge in [0.05, 0.1) is 39.9 Å². The fraction of sp³-hybridized carbons (Fsp3) is 0.643. The van der Waals surface area contributed by atoms with Crippen LogP contribution in [-0.2, 0) is 18.4 Å². The van der Waals surface area contributed by atoms with Crippen LogP contribution in [-0.4, -0.2) is 73.4 Å². The second-order valence-corrected chi connectivity index (χ2v) is 15.4. The van der Waals surface area contributed by atoms with Gasteiger partial charge in [-0.15, -0.1) is 0 Å². The number of unbranched alkanes of at least 4 members (excludes halogenated alkanes) is 6. The summed E-state index contributed by atoms with van der Waals surface area (Å²) in [6.07, 6.45) is 45.3. The fourth-order valence-electron chi connectivity index (χ4n) is 4.79. The van der Waals surface area contributed by atoms with Gasteiger partial charge in [0.2, 0.25) is 5.91 Å². The maximum atomic E-state index is 12.7. The van der Waals surface area contributed by atoms with Gasteiger partial charge in [0.1, 0.15) is 13.2 Å². The number of carbonyl (C=O) groups excluding carboxylic acids is 1. The molecular formula is C42H74N2O6P+. The van der Waals surface area contributed by atoms with Crippen LogP contribution in [0.2, 0.25) is 0 Å². The average Bonchev–Trinajstić information content (AvgIpc) is 3.07. The van der Waals surface area contributed by atoms with Gasteiger partial charge in [-0.2, -0.15) is 0 Å². The van der Waals surface area contributed by atoms with Crippen molar-refractivity contribution in [2.75, 3.05) is 40.9 Å². The molecule has 0 aromatic heterocycles.